The third-order valence-electron chi connectivity index (χ3n) is 3.31. The normalized spacial score (nSPS) is 13.7. The smallest absolute Gasteiger partial charge is 0.326 e. The Kier molecular flexibility index (Phi) is 10.0. The van der Waals surface area contributed by atoms with Gasteiger partial charge in [-0.2, -0.15) is 0 Å². The van der Waals surface area contributed by atoms with Crippen LogP contribution in [0.3, 0.4) is 0 Å². The number of carbonyl (C=O) groups is 6. The molecule has 0 fully saturated rings. The van der Waals surface area contributed by atoms with E-state index in [0.29, 0.717) is 0 Å². The Hall–Kier alpha value is -3.22. The van der Waals surface area contributed by atoms with E-state index in [9.17, 15) is 28.8 Å². The summed E-state index contributed by atoms with van der Waals surface area (Å²) in [6, 6.07) is -4.40. The molecular weight excluding hydrogens is 368 g/mol. The van der Waals surface area contributed by atoms with Crippen molar-refractivity contribution in [1.29, 1.82) is 0 Å². The fraction of sp³-hybridized carbons (Fsp3) is 0.571. The van der Waals surface area contributed by atoms with Gasteiger partial charge >= 0.3 is 17.9 Å². The molecule has 0 saturated heterocycles. The molecule has 13 nitrogen and oxygen atoms in total. The van der Waals surface area contributed by atoms with Gasteiger partial charge in [-0.1, -0.05) is 0 Å². The van der Waals surface area contributed by atoms with E-state index in [1.54, 1.807) is 0 Å². The number of nitrogens with two attached hydrogens (primary N) is 2. The number of carboxylic acid groups (broad SMARTS) is 3. The molecule has 3 atom stereocenters. The standard InChI is InChI=1S/C14H22N4O9/c15-6(1-3-10(20)21)12(24)17-7(2-4-11(22)23)13(25)18-8(14(26)27)5-9(16)19/h6-8H,1-5,15H2,(H2,16,19)(H,17,24)(H,18,25)(H,20,21)(H,22,23)(H,26,27)/t6-,7+,8+/m0/s1. The highest BCUT2D eigenvalue weighted by molar-refractivity contribution is 5.93. The molecule has 152 valence electrons. The van der Waals surface area contributed by atoms with Gasteiger partial charge in [-0.25, -0.2) is 4.79 Å². The lowest BCUT2D eigenvalue weighted by molar-refractivity contribution is -0.144. The monoisotopic (exact) mass is 390 g/mol. The molecule has 0 aliphatic rings. The first kappa shape index (κ1) is 23.8. The third kappa shape index (κ3) is 10.4. The molecule has 0 rings (SSSR count). The van der Waals surface area contributed by atoms with Crippen LogP contribution in [0.1, 0.15) is 32.1 Å². The van der Waals surface area contributed by atoms with Crippen molar-refractivity contribution in [3.8, 4) is 0 Å². The van der Waals surface area contributed by atoms with Gasteiger partial charge in [-0.05, 0) is 12.8 Å². The summed E-state index contributed by atoms with van der Waals surface area (Å²) in [5.74, 6) is -6.97. The largest absolute Gasteiger partial charge is 0.481 e. The number of primary amides is 1. The average Bonchev–Trinajstić information content (AvgIpc) is 2.54. The van der Waals surface area contributed by atoms with Crippen LogP contribution in [0.4, 0.5) is 0 Å². The quantitative estimate of drug-likeness (QED) is 0.168. The molecule has 0 aliphatic carbocycles. The molecule has 13 heteroatoms. The van der Waals surface area contributed by atoms with Crippen molar-refractivity contribution in [3.05, 3.63) is 0 Å². The Morgan fingerprint density at radius 2 is 1.26 bits per heavy atom. The Balaban J connectivity index is 5.09. The molecule has 0 saturated carbocycles. The molecule has 0 bridgehead atoms. The second kappa shape index (κ2) is 11.4. The maximum Gasteiger partial charge on any atom is 0.326 e. The maximum atomic E-state index is 12.2. The number of nitrogens with one attached hydrogen (secondary N) is 2. The minimum absolute atomic E-state index is 0.228. The lowest BCUT2D eigenvalue weighted by Gasteiger charge is -2.22. The van der Waals surface area contributed by atoms with Crippen LogP contribution in [-0.4, -0.2) is 69.1 Å². The van der Waals surface area contributed by atoms with E-state index >= 15 is 0 Å². The summed E-state index contributed by atoms with van der Waals surface area (Å²) in [6.45, 7) is 0. The number of carbonyl (C=O) groups excluding carboxylic acids is 3. The van der Waals surface area contributed by atoms with Gasteiger partial charge in [0.05, 0.1) is 12.5 Å². The molecule has 0 aromatic rings. The number of amides is 3. The van der Waals surface area contributed by atoms with Gasteiger partial charge < -0.3 is 37.4 Å². The van der Waals surface area contributed by atoms with Crippen LogP contribution in [0.2, 0.25) is 0 Å². The Morgan fingerprint density at radius 1 is 0.778 bits per heavy atom. The fourth-order valence-corrected chi connectivity index (χ4v) is 1.90. The zero-order chi connectivity index (χ0) is 21.1. The molecule has 9 N–H and O–H groups in total. The second-order valence-corrected chi connectivity index (χ2v) is 5.60. The van der Waals surface area contributed by atoms with Crippen molar-refractivity contribution in [2.75, 3.05) is 0 Å². The van der Waals surface area contributed by atoms with Crippen LogP contribution in [0.15, 0.2) is 0 Å². The van der Waals surface area contributed by atoms with Crippen molar-refractivity contribution in [3.63, 3.8) is 0 Å². The molecule has 0 radical (unpaired) electrons. The number of carboxylic acids is 3. The summed E-state index contributed by atoms with van der Waals surface area (Å²) in [4.78, 5) is 67.3. The Labute approximate surface area is 153 Å². The van der Waals surface area contributed by atoms with E-state index in [-0.39, 0.29) is 12.8 Å². The van der Waals surface area contributed by atoms with E-state index < -0.39 is 73.0 Å². The highest BCUT2D eigenvalue weighted by Gasteiger charge is 2.29. The molecule has 27 heavy (non-hydrogen) atoms. The van der Waals surface area contributed by atoms with Gasteiger partial charge in [-0.15, -0.1) is 0 Å². The molecule has 0 aromatic carbocycles. The summed E-state index contributed by atoms with van der Waals surface area (Å²) in [6.07, 6.45) is -2.26. The van der Waals surface area contributed by atoms with E-state index in [2.05, 4.69) is 5.32 Å². The SMILES string of the molecule is NC(=O)C[C@@H](NC(=O)[C@@H](CCC(=O)O)NC(=O)[C@@H](N)CCC(=O)O)C(=O)O. The zero-order valence-electron chi connectivity index (χ0n) is 14.2. The summed E-state index contributed by atoms with van der Waals surface area (Å²) in [5, 5.41) is 30.4. The van der Waals surface area contributed by atoms with Crippen LogP contribution in [0.25, 0.3) is 0 Å². The molecule has 3 amide bonds. The van der Waals surface area contributed by atoms with E-state index in [4.69, 9.17) is 26.8 Å². The summed E-state index contributed by atoms with van der Waals surface area (Å²) < 4.78 is 0. The molecule has 0 spiro atoms. The first-order valence-corrected chi connectivity index (χ1v) is 7.75. The van der Waals surface area contributed by atoms with Crippen molar-refractivity contribution >= 4 is 35.6 Å². The number of hydrogen-bond donors (Lipinski definition) is 7. The van der Waals surface area contributed by atoms with Crippen molar-refractivity contribution in [2.45, 2.75) is 50.2 Å². The summed E-state index contributed by atoms with van der Waals surface area (Å²) >= 11 is 0. The molecule has 0 aromatic heterocycles. The van der Waals surface area contributed by atoms with Crippen LogP contribution >= 0.6 is 0 Å². The van der Waals surface area contributed by atoms with Crippen LogP contribution < -0.4 is 22.1 Å². The minimum Gasteiger partial charge on any atom is -0.481 e. The molecule has 0 heterocycles. The van der Waals surface area contributed by atoms with Gasteiger partial charge in [0.25, 0.3) is 0 Å². The Bertz CT molecular complexity index is 607. The number of hydrogen-bond acceptors (Lipinski definition) is 7. The average molecular weight is 390 g/mol. The number of rotatable bonds is 13. The lowest BCUT2D eigenvalue weighted by atomic mass is 10.1. The van der Waals surface area contributed by atoms with Crippen LogP contribution in [-0.2, 0) is 28.8 Å². The van der Waals surface area contributed by atoms with Gasteiger partial charge in [0.2, 0.25) is 17.7 Å². The minimum atomic E-state index is -1.67. The van der Waals surface area contributed by atoms with Gasteiger partial charge in [0.1, 0.15) is 12.1 Å². The van der Waals surface area contributed by atoms with Crippen molar-refractivity contribution in [1.82, 2.24) is 10.6 Å². The lowest BCUT2D eigenvalue weighted by Crippen LogP contribution is -2.55. The van der Waals surface area contributed by atoms with Gasteiger partial charge in [0, 0.05) is 12.8 Å². The highest BCUT2D eigenvalue weighted by Crippen LogP contribution is 2.03. The second-order valence-electron chi connectivity index (χ2n) is 5.60. The molecule has 0 unspecified atom stereocenters. The van der Waals surface area contributed by atoms with E-state index in [1.165, 1.54) is 0 Å². The first-order chi connectivity index (χ1) is 12.4. The number of aliphatic carboxylic acids is 3. The van der Waals surface area contributed by atoms with E-state index in [1.807, 2.05) is 5.32 Å². The zero-order valence-corrected chi connectivity index (χ0v) is 14.2. The fourth-order valence-electron chi connectivity index (χ4n) is 1.90. The molecule has 0 aliphatic heterocycles. The van der Waals surface area contributed by atoms with Crippen LogP contribution in [0.5, 0.6) is 0 Å². The topological polar surface area (TPSA) is 239 Å². The Morgan fingerprint density at radius 3 is 1.70 bits per heavy atom. The predicted octanol–water partition coefficient (Wildman–Crippen LogP) is -3.03. The molecular formula is C14H22N4O9. The maximum absolute atomic E-state index is 12.2. The van der Waals surface area contributed by atoms with Gasteiger partial charge in [-0.3, -0.25) is 24.0 Å². The highest BCUT2D eigenvalue weighted by atomic mass is 16.4. The van der Waals surface area contributed by atoms with Gasteiger partial charge in [0.15, 0.2) is 0 Å². The predicted molar refractivity (Wildman–Crippen MR) is 87.0 cm³/mol. The van der Waals surface area contributed by atoms with E-state index in [0.717, 1.165) is 0 Å². The van der Waals surface area contributed by atoms with Crippen molar-refractivity contribution in [2.24, 2.45) is 11.5 Å². The summed E-state index contributed by atoms with van der Waals surface area (Å²) in [5.41, 5.74) is 10.4. The third-order valence-corrected chi connectivity index (χ3v) is 3.31. The summed E-state index contributed by atoms with van der Waals surface area (Å²) in [7, 11) is 0. The first-order valence-electron chi connectivity index (χ1n) is 7.75. The van der Waals surface area contributed by atoms with Crippen LogP contribution in [0, 0.1) is 0 Å². The van der Waals surface area contributed by atoms with Crippen molar-refractivity contribution < 1.29 is 44.1 Å².